The monoisotopic (exact) mass is 251 g/mol. The third-order valence-electron chi connectivity index (χ3n) is 3.57. The van der Waals surface area contributed by atoms with E-state index in [0.29, 0.717) is 6.10 Å². The highest BCUT2D eigenvalue weighted by Crippen LogP contribution is 2.15. The van der Waals surface area contributed by atoms with Crippen molar-refractivity contribution in [1.29, 1.82) is 0 Å². The zero-order chi connectivity index (χ0) is 12.8. The van der Waals surface area contributed by atoms with E-state index in [2.05, 4.69) is 34.5 Å². The van der Waals surface area contributed by atoms with Crippen LogP contribution in [0.1, 0.15) is 38.9 Å². The number of likely N-dealkylation sites (tertiary alicyclic amines) is 1. The largest absolute Gasteiger partial charge is 0.378 e. The molecule has 102 valence electrons. The van der Waals surface area contributed by atoms with E-state index in [9.17, 15) is 0 Å². The minimum absolute atomic E-state index is 0.474. The Morgan fingerprint density at radius 1 is 1.33 bits per heavy atom. The van der Waals surface area contributed by atoms with Gasteiger partial charge in [0.1, 0.15) is 5.82 Å². The van der Waals surface area contributed by atoms with Crippen LogP contribution in [0.5, 0.6) is 0 Å². The number of piperidine rings is 1. The third-order valence-corrected chi connectivity index (χ3v) is 3.57. The van der Waals surface area contributed by atoms with Crippen molar-refractivity contribution < 1.29 is 4.74 Å². The standard InChI is InChI=1S/C14H25N3O/c1-3-8-17-11-7-15-14(17)12-16-9-5-13(6-10-16)18-4-2/h7,11,13H,3-6,8-10,12H2,1-2H3. The summed E-state index contributed by atoms with van der Waals surface area (Å²) < 4.78 is 7.95. The molecule has 0 atom stereocenters. The van der Waals surface area contributed by atoms with Gasteiger partial charge >= 0.3 is 0 Å². The fourth-order valence-electron chi connectivity index (χ4n) is 2.61. The topological polar surface area (TPSA) is 30.3 Å². The lowest BCUT2D eigenvalue weighted by molar-refractivity contribution is 0.0118. The van der Waals surface area contributed by atoms with Crippen molar-refractivity contribution in [1.82, 2.24) is 14.5 Å². The van der Waals surface area contributed by atoms with E-state index in [0.717, 1.165) is 52.0 Å². The summed E-state index contributed by atoms with van der Waals surface area (Å²) >= 11 is 0. The quantitative estimate of drug-likeness (QED) is 0.777. The molecule has 1 aromatic rings. The number of ether oxygens (including phenoxy) is 1. The van der Waals surface area contributed by atoms with Crippen molar-refractivity contribution in [3.05, 3.63) is 18.2 Å². The summed E-state index contributed by atoms with van der Waals surface area (Å²) in [5.41, 5.74) is 0. The van der Waals surface area contributed by atoms with Gasteiger partial charge in [-0.25, -0.2) is 4.98 Å². The van der Waals surface area contributed by atoms with Gasteiger partial charge in [-0.2, -0.15) is 0 Å². The van der Waals surface area contributed by atoms with E-state index in [1.165, 1.54) is 5.82 Å². The summed E-state index contributed by atoms with van der Waals surface area (Å²) in [6.45, 7) is 9.43. The minimum Gasteiger partial charge on any atom is -0.378 e. The highest BCUT2D eigenvalue weighted by atomic mass is 16.5. The van der Waals surface area contributed by atoms with E-state index in [1.807, 2.05) is 6.20 Å². The number of nitrogens with zero attached hydrogens (tertiary/aromatic N) is 3. The Kier molecular flexibility index (Phi) is 5.20. The summed E-state index contributed by atoms with van der Waals surface area (Å²) in [4.78, 5) is 6.96. The second kappa shape index (κ2) is 6.90. The number of aryl methyl sites for hydroxylation is 1. The van der Waals surface area contributed by atoms with Crippen LogP contribution in [0.4, 0.5) is 0 Å². The van der Waals surface area contributed by atoms with Gasteiger partial charge in [0.15, 0.2) is 0 Å². The van der Waals surface area contributed by atoms with Gasteiger partial charge in [-0.1, -0.05) is 6.92 Å². The normalized spacial score (nSPS) is 18.3. The van der Waals surface area contributed by atoms with Gasteiger partial charge in [0, 0.05) is 38.6 Å². The number of hydrogen-bond donors (Lipinski definition) is 0. The molecule has 18 heavy (non-hydrogen) atoms. The van der Waals surface area contributed by atoms with Gasteiger partial charge < -0.3 is 9.30 Å². The summed E-state index contributed by atoms with van der Waals surface area (Å²) in [7, 11) is 0. The first-order chi connectivity index (χ1) is 8.83. The molecule has 4 nitrogen and oxygen atoms in total. The molecule has 0 unspecified atom stereocenters. The van der Waals surface area contributed by atoms with Crippen molar-refractivity contribution in [3.63, 3.8) is 0 Å². The van der Waals surface area contributed by atoms with Gasteiger partial charge in [-0.3, -0.25) is 4.90 Å². The number of hydrogen-bond acceptors (Lipinski definition) is 3. The van der Waals surface area contributed by atoms with E-state index < -0.39 is 0 Å². The molecule has 2 heterocycles. The second-order valence-electron chi connectivity index (χ2n) is 4.97. The molecule has 0 amide bonds. The van der Waals surface area contributed by atoms with Crippen LogP contribution in [0, 0.1) is 0 Å². The predicted octanol–water partition coefficient (Wildman–Crippen LogP) is 2.29. The Morgan fingerprint density at radius 3 is 2.78 bits per heavy atom. The minimum atomic E-state index is 0.474. The SMILES string of the molecule is CCCn1ccnc1CN1CCC(OCC)CC1. The molecule has 4 heteroatoms. The van der Waals surface area contributed by atoms with Gasteiger partial charge in [0.25, 0.3) is 0 Å². The molecule has 0 bridgehead atoms. The first-order valence-electron chi connectivity index (χ1n) is 7.17. The Labute approximate surface area is 110 Å². The van der Waals surface area contributed by atoms with Crippen LogP contribution in [0.15, 0.2) is 12.4 Å². The van der Waals surface area contributed by atoms with Crippen LogP contribution in [0.25, 0.3) is 0 Å². The molecule has 0 N–H and O–H groups in total. The van der Waals surface area contributed by atoms with Crippen LogP contribution < -0.4 is 0 Å². The molecule has 2 rings (SSSR count). The van der Waals surface area contributed by atoms with Gasteiger partial charge in [0.2, 0.25) is 0 Å². The Bertz CT molecular complexity index is 343. The second-order valence-corrected chi connectivity index (χ2v) is 4.97. The molecule has 0 radical (unpaired) electrons. The fraction of sp³-hybridized carbons (Fsp3) is 0.786. The first-order valence-corrected chi connectivity index (χ1v) is 7.17. The Morgan fingerprint density at radius 2 is 2.11 bits per heavy atom. The number of rotatable bonds is 6. The zero-order valence-corrected chi connectivity index (χ0v) is 11.6. The maximum atomic E-state index is 5.68. The summed E-state index contributed by atoms with van der Waals surface area (Å²) in [5.74, 6) is 1.20. The van der Waals surface area contributed by atoms with E-state index >= 15 is 0 Å². The molecule has 1 aliphatic heterocycles. The van der Waals surface area contributed by atoms with E-state index in [1.54, 1.807) is 0 Å². The first kappa shape index (κ1) is 13.6. The molecule has 1 aromatic heterocycles. The smallest absolute Gasteiger partial charge is 0.122 e. The van der Waals surface area contributed by atoms with Crippen LogP contribution in [0.3, 0.4) is 0 Å². The molecule has 0 aromatic carbocycles. The van der Waals surface area contributed by atoms with E-state index in [-0.39, 0.29) is 0 Å². The Hall–Kier alpha value is -0.870. The van der Waals surface area contributed by atoms with Crippen LogP contribution >= 0.6 is 0 Å². The lowest BCUT2D eigenvalue weighted by atomic mass is 10.1. The van der Waals surface area contributed by atoms with Crippen molar-refractivity contribution in [3.8, 4) is 0 Å². The van der Waals surface area contributed by atoms with Crippen molar-refractivity contribution in [2.24, 2.45) is 0 Å². The lowest BCUT2D eigenvalue weighted by Gasteiger charge is -2.31. The maximum Gasteiger partial charge on any atom is 0.122 e. The Balaban J connectivity index is 1.82. The van der Waals surface area contributed by atoms with Gasteiger partial charge in [0.05, 0.1) is 12.6 Å². The molecular weight excluding hydrogens is 226 g/mol. The average Bonchev–Trinajstić information content (AvgIpc) is 2.80. The van der Waals surface area contributed by atoms with Gasteiger partial charge in [-0.15, -0.1) is 0 Å². The van der Waals surface area contributed by atoms with Gasteiger partial charge in [-0.05, 0) is 26.2 Å². The predicted molar refractivity (Wildman–Crippen MR) is 72.4 cm³/mol. The van der Waals surface area contributed by atoms with Crippen molar-refractivity contribution >= 4 is 0 Å². The lowest BCUT2D eigenvalue weighted by Crippen LogP contribution is -2.37. The van der Waals surface area contributed by atoms with Crippen LogP contribution in [-0.2, 0) is 17.8 Å². The van der Waals surface area contributed by atoms with E-state index in [4.69, 9.17) is 4.74 Å². The highest BCUT2D eigenvalue weighted by Gasteiger charge is 2.20. The summed E-state index contributed by atoms with van der Waals surface area (Å²) in [5, 5.41) is 0. The number of imidazole rings is 1. The number of aromatic nitrogens is 2. The maximum absolute atomic E-state index is 5.68. The molecule has 1 saturated heterocycles. The molecule has 1 fully saturated rings. The third kappa shape index (κ3) is 3.56. The zero-order valence-electron chi connectivity index (χ0n) is 11.6. The van der Waals surface area contributed by atoms with Crippen molar-refractivity contribution in [2.75, 3.05) is 19.7 Å². The molecule has 0 aliphatic carbocycles. The molecule has 0 saturated carbocycles. The molecule has 0 spiro atoms. The molecular formula is C14H25N3O. The average molecular weight is 251 g/mol. The fourth-order valence-corrected chi connectivity index (χ4v) is 2.61. The van der Waals surface area contributed by atoms with Crippen LogP contribution in [-0.4, -0.2) is 40.3 Å². The highest BCUT2D eigenvalue weighted by molar-refractivity contribution is 4.93. The molecule has 1 aliphatic rings. The summed E-state index contributed by atoms with van der Waals surface area (Å²) in [6.07, 6.45) is 7.95. The summed E-state index contributed by atoms with van der Waals surface area (Å²) in [6, 6.07) is 0. The van der Waals surface area contributed by atoms with Crippen LogP contribution in [0.2, 0.25) is 0 Å². The van der Waals surface area contributed by atoms with Crippen molar-refractivity contribution in [2.45, 2.75) is 52.3 Å².